The van der Waals surface area contributed by atoms with Crippen LogP contribution in [0.4, 0.5) is 4.39 Å². The van der Waals surface area contributed by atoms with Crippen molar-refractivity contribution in [2.24, 2.45) is 0 Å². The third-order valence-corrected chi connectivity index (χ3v) is 4.35. The van der Waals surface area contributed by atoms with E-state index in [1.54, 1.807) is 12.1 Å². The Labute approximate surface area is 126 Å². The van der Waals surface area contributed by atoms with Crippen LogP contribution in [0.15, 0.2) is 48.5 Å². The van der Waals surface area contributed by atoms with E-state index in [2.05, 4.69) is 36.5 Å². The van der Waals surface area contributed by atoms with Crippen LogP contribution in [0.1, 0.15) is 30.0 Å². The Morgan fingerprint density at radius 2 is 1.81 bits per heavy atom. The number of rotatable bonds is 4. The first-order chi connectivity index (χ1) is 10.2. The van der Waals surface area contributed by atoms with Crippen molar-refractivity contribution in [1.29, 1.82) is 0 Å². The van der Waals surface area contributed by atoms with E-state index in [0.717, 1.165) is 24.8 Å². The third kappa shape index (κ3) is 3.51. The molecule has 0 bridgehead atoms. The molecule has 1 nitrogen and oxygen atoms in total. The van der Waals surface area contributed by atoms with Crippen LogP contribution < -0.4 is 5.32 Å². The first-order valence-corrected chi connectivity index (χ1v) is 7.78. The Bertz CT molecular complexity index is 608. The maximum absolute atomic E-state index is 13.7. The van der Waals surface area contributed by atoms with Crippen molar-refractivity contribution in [3.8, 4) is 0 Å². The highest BCUT2D eigenvalue weighted by Gasteiger charge is 2.19. The van der Waals surface area contributed by atoms with Gasteiger partial charge in [-0.3, -0.25) is 0 Å². The SMILES string of the molecule is CC(Cc1ccccc1F)NC1CCc2ccccc2C1. The molecule has 1 aliphatic carbocycles. The van der Waals surface area contributed by atoms with Crippen LogP contribution in [0, 0.1) is 5.82 Å². The van der Waals surface area contributed by atoms with Gasteiger partial charge in [0.2, 0.25) is 0 Å². The fraction of sp³-hybridized carbons (Fsp3) is 0.368. The van der Waals surface area contributed by atoms with Crippen molar-refractivity contribution in [3.05, 3.63) is 71.0 Å². The van der Waals surface area contributed by atoms with Gasteiger partial charge in [-0.15, -0.1) is 0 Å². The van der Waals surface area contributed by atoms with Crippen molar-refractivity contribution in [2.45, 2.75) is 44.7 Å². The molecule has 0 saturated heterocycles. The fourth-order valence-electron chi connectivity index (χ4n) is 3.30. The molecule has 0 aromatic heterocycles. The second-order valence-corrected chi connectivity index (χ2v) is 6.07. The van der Waals surface area contributed by atoms with E-state index in [4.69, 9.17) is 0 Å². The van der Waals surface area contributed by atoms with Crippen LogP contribution >= 0.6 is 0 Å². The second-order valence-electron chi connectivity index (χ2n) is 6.07. The van der Waals surface area contributed by atoms with E-state index in [-0.39, 0.29) is 11.9 Å². The lowest BCUT2D eigenvalue weighted by molar-refractivity contribution is 0.402. The molecule has 0 saturated carbocycles. The van der Waals surface area contributed by atoms with E-state index < -0.39 is 0 Å². The van der Waals surface area contributed by atoms with Gasteiger partial charge in [-0.25, -0.2) is 4.39 Å². The van der Waals surface area contributed by atoms with E-state index in [1.807, 2.05) is 12.1 Å². The van der Waals surface area contributed by atoms with E-state index in [0.29, 0.717) is 6.04 Å². The molecule has 0 spiro atoms. The molecular formula is C19H22FN. The van der Waals surface area contributed by atoms with Crippen molar-refractivity contribution in [3.63, 3.8) is 0 Å². The summed E-state index contributed by atoms with van der Waals surface area (Å²) in [5.74, 6) is -0.0971. The Hall–Kier alpha value is -1.67. The van der Waals surface area contributed by atoms with Gasteiger partial charge in [-0.05, 0) is 55.4 Å². The molecule has 2 aromatic rings. The summed E-state index contributed by atoms with van der Waals surface area (Å²) < 4.78 is 13.7. The zero-order valence-corrected chi connectivity index (χ0v) is 12.5. The number of benzene rings is 2. The van der Waals surface area contributed by atoms with E-state index >= 15 is 0 Å². The maximum Gasteiger partial charge on any atom is 0.126 e. The van der Waals surface area contributed by atoms with Gasteiger partial charge in [0.1, 0.15) is 5.82 Å². The number of hydrogen-bond donors (Lipinski definition) is 1. The van der Waals surface area contributed by atoms with Crippen LogP contribution in [-0.4, -0.2) is 12.1 Å². The average Bonchev–Trinajstić information content (AvgIpc) is 2.49. The second kappa shape index (κ2) is 6.40. The lowest BCUT2D eigenvalue weighted by atomic mass is 9.88. The Morgan fingerprint density at radius 1 is 1.10 bits per heavy atom. The summed E-state index contributed by atoms with van der Waals surface area (Å²) >= 11 is 0. The zero-order valence-electron chi connectivity index (χ0n) is 12.5. The summed E-state index contributed by atoms with van der Waals surface area (Å²) in [6, 6.07) is 16.6. The molecule has 0 fully saturated rings. The van der Waals surface area contributed by atoms with Gasteiger partial charge >= 0.3 is 0 Å². The number of fused-ring (bicyclic) bond motifs is 1. The Balaban J connectivity index is 1.59. The van der Waals surface area contributed by atoms with Gasteiger partial charge in [-0.1, -0.05) is 42.5 Å². The molecule has 2 unspecified atom stereocenters. The summed E-state index contributed by atoms with van der Waals surface area (Å²) in [5.41, 5.74) is 3.74. The molecule has 1 N–H and O–H groups in total. The smallest absolute Gasteiger partial charge is 0.126 e. The summed E-state index contributed by atoms with van der Waals surface area (Å²) in [6.45, 7) is 2.15. The molecule has 1 aliphatic rings. The van der Waals surface area contributed by atoms with Crippen LogP contribution in [0.25, 0.3) is 0 Å². The van der Waals surface area contributed by atoms with Crippen LogP contribution in [-0.2, 0) is 19.3 Å². The molecule has 0 aliphatic heterocycles. The molecule has 2 atom stereocenters. The quantitative estimate of drug-likeness (QED) is 0.897. The van der Waals surface area contributed by atoms with Gasteiger partial charge in [0.25, 0.3) is 0 Å². The van der Waals surface area contributed by atoms with Crippen LogP contribution in [0.3, 0.4) is 0 Å². The summed E-state index contributed by atoms with van der Waals surface area (Å²) in [7, 11) is 0. The van der Waals surface area contributed by atoms with E-state index in [9.17, 15) is 4.39 Å². The lowest BCUT2D eigenvalue weighted by Crippen LogP contribution is -2.41. The first-order valence-electron chi connectivity index (χ1n) is 7.78. The van der Waals surface area contributed by atoms with Crippen molar-refractivity contribution in [2.75, 3.05) is 0 Å². The number of halogens is 1. The highest BCUT2D eigenvalue weighted by atomic mass is 19.1. The van der Waals surface area contributed by atoms with Gasteiger partial charge in [-0.2, -0.15) is 0 Å². The lowest BCUT2D eigenvalue weighted by Gasteiger charge is -2.28. The summed E-state index contributed by atoms with van der Waals surface area (Å²) in [4.78, 5) is 0. The minimum atomic E-state index is -0.0971. The average molecular weight is 283 g/mol. The van der Waals surface area contributed by atoms with Gasteiger partial charge in [0.15, 0.2) is 0 Å². The molecule has 110 valence electrons. The molecular weight excluding hydrogens is 261 g/mol. The summed E-state index contributed by atoms with van der Waals surface area (Å²) in [5, 5.41) is 3.67. The van der Waals surface area contributed by atoms with Crippen molar-refractivity contribution >= 4 is 0 Å². The van der Waals surface area contributed by atoms with Gasteiger partial charge in [0, 0.05) is 12.1 Å². The Morgan fingerprint density at radius 3 is 2.62 bits per heavy atom. The molecule has 2 aromatic carbocycles. The summed E-state index contributed by atoms with van der Waals surface area (Å²) in [6.07, 6.45) is 4.13. The first kappa shape index (κ1) is 14.3. The maximum atomic E-state index is 13.7. The largest absolute Gasteiger partial charge is 0.311 e. The molecule has 2 heteroatoms. The molecule has 0 amide bonds. The number of hydrogen-bond acceptors (Lipinski definition) is 1. The van der Waals surface area contributed by atoms with E-state index in [1.165, 1.54) is 17.5 Å². The topological polar surface area (TPSA) is 12.0 Å². The minimum absolute atomic E-state index is 0.0971. The molecule has 0 radical (unpaired) electrons. The predicted octanol–water partition coefficient (Wildman–Crippen LogP) is 3.90. The van der Waals surface area contributed by atoms with Crippen LogP contribution in [0.5, 0.6) is 0 Å². The minimum Gasteiger partial charge on any atom is -0.311 e. The number of nitrogens with one attached hydrogen (secondary N) is 1. The standard InChI is InChI=1S/C19H22FN/c1-14(12-17-8-4-5-9-19(17)20)21-18-11-10-15-6-2-3-7-16(15)13-18/h2-9,14,18,21H,10-13H2,1H3. The zero-order chi connectivity index (χ0) is 14.7. The van der Waals surface area contributed by atoms with Crippen molar-refractivity contribution in [1.82, 2.24) is 5.32 Å². The normalized spacial score (nSPS) is 19.0. The highest BCUT2D eigenvalue weighted by Crippen LogP contribution is 2.21. The van der Waals surface area contributed by atoms with Gasteiger partial charge in [0.05, 0.1) is 0 Å². The highest BCUT2D eigenvalue weighted by molar-refractivity contribution is 5.30. The molecule has 21 heavy (non-hydrogen) atoms. The fourth-order valence-corrected chi connectivity index (χ4v) is 3.30. The predicted molar refractivity (Wildman–Crippen MR) is 85.0 cm³/mol. The van der Waals surface area contributed by atoms with Crippen LogP contribution in [0.2, 0.25) is 0 Å². The molecule has 0 heterocycles. The Kier molecular flexibility index (Phi) is 4.35. The molecule has 3 rings (SSSR count). The number of aryl methyl sites for hydroxylation is 1. The third-order valence-electron chi connectivity index (χ3n) is 4.35. The van der Waals surface area contributed by atoms with Gasteiger partial charge < -0.3 is 5.32 Å². The monoisotopic (exact) mass is 283 g/mol. The van der Waals surface area contributed by atoms with Crippen molar-refractivity contribution < 1.29 is 4.39 Å².